The lowest BCUT2D eigenvalue weighted by atomic mass is 10.0. The zero-order valence-corrected chi connectivity index (χ0v) is 11.0. The predicted octanol–water partition coefficient (Wildman–Crippen LogP) is 1.32. The Bertz CT molecular complexity index is 648. The van der Waals surface area contributed by atoms with Crippen LogP contribution in [0.4, 0.5) is 0 Å². The van der Waals surface area contributed by atoms with Crippen molar-refractivity contribution in [3.05, 3.63) is 41.5 Å². The summed E-state index contributed by atoms with van der Waals surface area (Å²) in [5, 5.41) is 9.25. The molecule has 6 heteroatoms. The first-order valence-corrected chi connectivity index (χ1v) is 5.76. The molecule has 2 aromatic heterocycles. The summed E-state index contributed by atoms with van der Waals surface area (Å²) in [6.45, 7) is 3.54. The van der Waals surface area contributed by atoms with Crippen LogP contribution >= 0.6 is 0 Å². The highest BCUT2D eigenvalue weighted by Gasteiger charge is 2.26. The Labute approximate surface area is 110 Å². The van der Waals surface area contributed by atoms with Crippen LogP contribution < -0.4 is 0 Å². The SMILES string of the molecule is Cc1cc([C@@H](C#N)C(=O)c2nccn2C)nc(C)n1. The molecule has 0 N–H and O–H groups in total. The molecule has 0 unspecified atom stereocenters. The molecule has 0 spiro atoms. The zero-order chi connectivity index (χ0) is 14.0. The second kappa shape index (κ2) is 4.98. The summed E-state index contributed by atoms with van der Waals surface area (Å²) >= 11 is 0. The third-order valence-corrected chi connectivity index (χ3v) is 2.71. The number of hydrogen-bond acceptors (Lipinski definition) is 5. The van der Waals surface area contributed by atoms with Crippen LogP contribution in [0, 0.1) is 25.2 Å². The minimum absolute atomic E-state index is 0.250. The molecule has 0 amide bonds. The lowest BCUT2D eigenvalue weighted by molar-refractivity contribution is 0.0964. The van der Waals surface area contributed by atoms with E-state index < -0.39 is 5.92 Å². The summed E-state index contributed by atoms with van der Waals surface area (Å²) in [5.74, 6) is -0.516. The van der Waals surface area contributed by atoms with Gasteiger partial charge in [0.25, 0.3) is 0 Å². The van der Waals surface area contributed by atoms with Crippen LogP contribution in [0.5, 0.6) is 0 Å². The van der Waals surface area contributed by atoms with Crippen molar-refractivity contribution in [1.29, 1.82) is 5.26 Å². The van der Waals surface area contributed by atoms with Crippen molar-refractivity contribution in [1.82, 2.24) is 19.5 Å². The predicted molar refractivity (Wildman–Crippen MR) is 67.4 cm³/mol. The van der Waals surface area contributed by atoms with E-state index in [1.54, 1.807) is 37.7 Å². The highest BCUT2D eigenvalue weighted by Crippen LogP contribution is 2.18. The normalized spacial score (nSPS) is 11.9. The third-order valence-electron chi connectivity index (χ3n) is 2.71. The Kier molecular flexibility index (Phi) is 3.38. The molecule has 0 radical (unpaired) electrons. The maximum absolute atomic E-state index is 12.3. The Morgan fingerprint density at radius 1 is 1.42 bits per heavy atom. The van der Waals surface area contributed by atoms with Gasteiger partial charge in [0.05, 0.1) is 11.8 Å². The molecule has 96 valence electrons. The van der Waals surface area contributed by atoms with Gasteiger partial charge < -0.3 is 4.57 Å². The number of aryl methyl sites for hydroxylation is 3. The average molecular weight is 255 g/mol. The van der Waals surface area contributed by atoms with Crippen LogP contribution in [0.1, 0.15) is 33.7 Å². The van der Waals surface area contributed by atoms with Crippen LogP contribution in [-0.2, 0) is 7.05 Å². The van der Waals surface area contributed by atoms with Crippen molar-refractivity contribution in [3.63, 3.8) is 0 Å². The van der Waals surface area contributed by atoms with Crippen LogP contribution in [-0.4, -0.2) is 25.3 Å². The maximum Gasteiger partial charge on any atom is 0.221 e. The molecule has 19 heavy (non-hydrogen) atoms. The molecule has 2 heterocycles. The van der Waals surface area contributed by atoms with Gasteiger partial charge >= 0.3 is 0 Å². The number of ketones is 1. The molecule has 6 nitrogen and oxygen atoms in total. The van der Waals surface area contributed by atoms with Crippen molar-refractivity contribution < 1.29 is 4.79 Å². The van der Waals surface area contributed by atoms with E-state index in [2.05, 4.69) is 15.0 Å². The number of aromatic nitrogens is 4. The van der Waals surface area contributed by atoms with E-state index in [1.807, 2.05) is 6.07 Å². The summed E-state index contributed by atoms with van der Waals surface area (Å²) in [4.78, 5) is 24.6. The molecule has 0 fully saturated rings. The van der Waals surface area contributed by atoms with E-state index in [1.165, 1.54) is 6.20 Å². The smallest absolute Gasteiger partial charge is 0.221 e. The molecule has 0 aliphatic rings. The van der Waals surface area contributed by atoms with E-state index in [-0.39, 0.29) is 11.6 Å². The molecule has 0 aliphatic carbocycles. The van der Waals surface area contributed by atoms with Gasteiger partial charge in [-0.25, -0.2) is 15.0 Å². The summed E-state index contributed by atoms with van der Waals surface area (Å²) in [6, 6.07) is 3.65. The quantitative estimate of drug-likeness (QED) is 0.772. The minimum atomic E-state index is -0.957. The highest BCUT2D eigenvalue weighted by atomic mass is 16.1. The van der Waals surface area contributed by atoms with Crippen molar-refractivity contribution in [2.75, 3.05) is 0 Å². The topological polar surface area (TPSA) is 84.5 Å². The van der Waals surface area contributed by atoms with Gasteiger partial charge in [-0.15, -0.1) is 0 Å². The van der Waals surface area contributed by atoms with Crippen molar-refractivity contribution in [3.8, 4) is 6.07 Å². The van der Waals surface area contributed by atoms with Gasteiger partial charge in [0, 0.05) is 25.1 Å². The number of nitrogens with zero attached hydrogens (tertiary/aromatic N) is 5. The largest absolute Gasteiger partial charge is 0.332 e. The first-order chi connectivity index (χ1) is 9.02. The van der Waals surface area contributed by atoms with E-state index in [0.717, 1.165) is 5.69 Å². The molecule has 0 saturated heterocycles. The fourth-order valence-corrected chi connectivity index (χ4v) is 1.88. The van der Waals surface area contributed by atoms with Gasteiger partial charge in [-0.05, 0) is 19.9 Å². The van der Waals surface area contributed by atoms with Crippen molar-refractivity contribution in [2.45, 2.75) is 19.8 Å². The van der Waals surface area contributed by atoms with Crippen LogP contribution in [0.3, 0.4) is 0 Å². The molecular formula is C13H13N5O. The second-order valence-corrected chi connectivity index (χ2v) is 4.27. The first-order valence-electron chi connectivity index (χ1n) is 5.76. The molecular weight excluding hydrogens is 242 g/mol. The molecule has 0 saturated carbocycles. The third kappa shape index (κ3) is 2.50. The Morgan fingerprint density at radius 2 is 2.16 bits per heavy atom. The molecule has 1 atom stereocenters. The minimum Gasteiger partial charge on any atom is -0.332 e. The fourth-order valence-electron chi connectivity index (χ4n) is 1.88. The average Bonchev–Trinajstić information content (AvgIpc) is 2.75. The van der Waals surface area contributed by atoms with E-state index in [9.17, 15) is 10.1 Å². The fraction of sp³-hybridized carbons (Fsp3) is 0.308. The van der Waals surface area contributed by atoms with Crippen LogP contribution in [0.25, 0.3) is 0 Å². The van der Waals surface area contributed by atoms with E-state index >= 15 is 0 Å². The molecule has 2 aromatic rings. The molecule has 0 bridgehead atoms. The number of Topliss-reactive ketones (excluding diaryl/α,β-unsaturated/α-hetero) is 1. The maximum atomic E-state index is 12.3. The number of imidazole rings is 1. The second-order valence-electron chi connectivity index (χ2n) is 4.27. The van der Waals surface area contributed by atoms with Gasteiger partial charge in [0.1, 0.15) is 5.82 Å². The van der Waals surface area contributed by atoms with Crippen molar-refractivity contribution in [2.24, 2.45) is 7.05 Å². The number of nitriles is 1. The lowest BCUT2D eigenvalue weighted by Crippen LogP contribution is -2.17. The highest BCUT2D eigenvalue weighted by molar-refractivity contribution is 5.99. The summed E-state index contributed by atoms with van der Waals surface area (Å²) < 4.78 is 1.59. The molecule has 2 rings (SSSR count). The number of carbonyl (C=O) groups excluding carboxylic acids is 1. The first kappa shape index (κ1) is 12.9. The summed E-state index contributed by atoms with van der Waals surface area (Å²) in [7, 11) is 1.71. The standard InChI is InChI=1S/C13H13N5O/c1-8-6-11(17-9(2)16-8)10(7-14)12(19)13-15-4-5-18(13)3/h4-6,10H,1-3H3/t10-/m1/s1. The summed E-state index contributed by atoms with van der Waals surface area (Å²) in [5.41, 5.74) is 1.15. The van der Waals surface area contributed by atoms with Crippen molar-refractivity contribution >= 4 is 5.78 Å². The Hall–Kier alpha value is -2.55. The van der Waals surface area contributed by atoms with Gasteiger partial charge in [0.15, 0.2) is 11.7 Å². The van der Waals surface area contributed by atoms with Gasteiger partial charge in [-0.3, -0.25) is 4.79 Å². The van der Waals surface area contributed by atoms with Gasteiger partial charge in [-0.2, -0.15) is 5.26 Å². The molecule has 0 aliphatic heterocycles. The number of hydrogen-bond donors (Lipinski definition) is 0. The molecule has 0 aromatic carbocycles. The van der Waals surface area contributed by atoms with Crippen LogP contribution in [0.2, 0.25) is 0 Å². The zero-order valence-electron chi connectivity index (χ0n) is 11.0. The summed E-state index contributed by atoms with van der Waals surface area (Å²) in [6.07, 6.45) is 3.19. The monoisotopic (exact) mass is 255 g/mol. The Morgan fingerprint density at radius 3 is 2.68 bits per heavy atom. The lowest BCUT2D eigenvalue weighted by Gasteiger charge is -2.09. The Balaban J connectivity index is 2.43. The number of carbonyl (C=O) groups is 1. The van der Waals surface area contributed by atoms with Crippen LogP contribution in [0.15, 0.2) is 18.5 Å². The van der Waals surface area contributed by atoms with Gasteiger partial charge in [-0.1, -0.05) is 0 Å². The van der Waals surface area contributed by atoms with Gasteiger partial charge in [0.2, 0.25) is 5.78 Å². The van der Waals surface area contributed by atoms with E-state index in [4.69, 9.17) is 0 Å². The van der Waals surface area contributed by atoms with E-state index in [0.29, 0.717) is 11.5 Å². The number of rotatable bonds is 3.